The summed E-state index contributed by atoms with van der Waals surface area (Å²) in [6, 6.07) is 9.12. The number of sulfonamides is 1. The number of hydrogen-bond donors (Lipinski definition) is 1. The van der Waals surface area contributed by atoms with Crippen molar-refractivity contribution in [3.8, 4) is 0 Å². The quantitative estimate of drug-likeness (QED) is 0.843. The first-order valence-electron chi connectivity index (χ1n) is 7.73. The van der Waals surface area contributed by atoms with Gasteiger partial charge < -0.3 is 0 Å². The summed E-state index contributed by atoms with van der Waals surface area (Å²) in [7, 11) is -3.56. The van der Waals surface area contributed by atoms with Crippen molar-refractivity contribution in [3.05, 3.63) is 51.2 Å². The zero-order valence-electron chi connectivity index (χ0n) is 13.0. The van der Waals surface area contributed by atoms with Crippen molar-refractivity contribution in [1.29, 1.82) is 0 Å². The molecule has 0 spiro atoms. The zero-order chi connectivity index (χ0) is 16.5. The van der Waals surface area contributed by atoms with E-state index in [9.17, 15) is 8.42 Å². The van der Waals surface area contributed by atoms with E-state index in [0.29, 0.717) is 17.1 Å². The van der Waals surface area contributed by atoms with E-state index in [-0.39, 0.29) is 10.3 Å². The molecule has 0 aliphatic heterocycles. The molecule has 0 radical (unpaired) electrons. The van der Waals surface area contributed by atoms with Gasteiger partial charge in [0.05, 0.1) is 4.90 Å². The number of aryl methyl sites for hydroxylation is 1. The van der Waals surface area contributed by atoms with E-state index in [4.69, 9.17) is 11.6 Å². The fourth-order valence-corrected chi connectivity index (χ4v) is 5.94. The first kappa shape index (κ1) is 17.0. The highest BCUT2D eigenvalue weighted by atomic mass is 35.5. The number of nitrogens with one attached hydrogen (secondary N) is 1. The third-order valence-corrected chi connectivity index (χ3v) is 7.54. The van der Waals surface area contributed by atoms with Crippen molar-refractivity contribution >= 4 is 33.0 Å². The van der Waals surface area contributed by atoms with Crippen molar-refractivity contribution in [2.45, 2.75) is 42.9 Å². The lowest BCUT2D eigenvalue weighted by atomic mass is 9.85. The molecule has 0 unspecified atom stereocenters. The summed E-state index contributed by atoms with van der Waals surface area (Å²) in [5.74, 6) is 0. The molecule has 3 rings (SSSR count). The van der Waals surface area contributed by atoms with E-state index in [2.05, 4.69) is 16.2 Å². The molecule has 1 saturated carbocycles. The molecule has 1 heterocycles. The second kappa shape index (κ2) is 6.55. The normalized spacial score (nSPS) is 17.5. The molecule has 1 aromatic heterocycles. The summed E-state index contributed by atoms with van der Waals surface area (Å²) in [4.78, 5) is 1.55. The highest BCUT2D eigenvalue weighted by molar-refractivity contribution is 7.89. The molecule has 6 heteroatoms. The number of thiophene rings is 1. The third kappa shape index (κ3) is 3.48. The SMILES string of the molecule is Cc1ccc(Cl)cc1S(=O)(=O)NCC1(c2cccs2)CCCC1. The number of benzene rings is 1. The van der Waals surface area contributed by atoms with Crippen LogP contribution in [0.25, 0.3) is 0 Å². The van der Waals surface area contributed by atoms with E-state index in [1.165, 1.54) is 10.9 Å². The van der Waals surface area contributed by atoms with Crippen LogP contribution < -0.4 is 4.72 Å². The van der Waals surface area contributed by atoms with Crippen LogP contribution in [0.5, 0.6) is 0 Å². The first-order valence-corrected chi connectivity index (χ1v) is 10.5. The van der Waals surface area contributed by atoms with Gasteiger partial charge in [0.25, 0.3) is 0 Å². The fourth-order valence-electron chi connectivity index (χ4n) is 3.32. The van der Waals surface area contributed by atoms with Gasteiger partial charge in [0, 0.05) is 21.9 Å². The Morgan fingerprint density at radius 3 is 2.65 bits per heavy atom. The van der Waals surface area contributed by atoms with Crippen LogP contribution in [0.1, 0.15) is 36.1 Å². The Labute approximate surface area is 146 Å². The number of halogens is 1. The summed E-state index contributed by atoms with van der Waals surface area (Å²) in [5.41, 5.74) is 0.645. The maximum absolute atomic E-state index is 12.7. The van der Waals surface area contributed by atoms with Crippen LogP contribution >= 0.6 is 22.9 Å². The Bertz CT molecular complexity index is 779. The summed E-state index contributed by atoms with van der Waals surface area (Å²) in [6.07, 6.45) is 4.36. The Kier molecular flexibility index (Phi) is 4.83. The minimum atomic E-state index is -3.56. The Morgan fingerprint density at radius 1 is 1.26 bits per heavy atom. The van der Waals surface area contributed by atoms with Gasteiger partial charge in [-0.05, 0) is 48.9 Å². The van der Waals surface area contributed by atoms with Crippen LogP contribution in [-0.4, -0.2) is 15.0 Å². The third-order valence-electron chi connectivity index (χ3n) is 4.64. The maximum atomic E-state index is 12.7. The van der Waals surface area contributed by atoms with Crippen molar-refractivity contribution in [2.75, 3.05) is 6.54 Å². The Balaban J connectivity index is 1.85. The van der Waals surface area contributed by atoms with Crippen LogP contribution in [0.4, 0.5) is 0 Å². The van der Waals surface area contributed by atoms with E-state index in [1.807, 2.05) is 6.07 Å². The average Bonchev–Trinajstić information content (AvgIpc) is 3.19. The molecule has 1 fully saturated rings. The van der Waals surface area contributed by atoms with Gasteiger partial charge in [0.2, 0.25) is 10.0 Å². The molecule has 2 aromatic rings. The first-order chi connectivity index (χ1) is 10.9. The summed E-state index contributed by atoms with van der Waals surface area (Å²) >= 11 is 7.68. The molecule has 1 aliphatic carbocycles. The average molecular weight is 370 g/mol. The largest absolute Gasteiger partial charge is 0.240 e. The molecular weight excluding hydrogens is 350 g/mol. The second-order valence-corrected chi connectivity index (χ2v) is 9.32. The van der Waals surface area contributed by atoms with Gasteiger partial charge >= 0.3 is 0 Å². The highest BCUT2D eigenvalue weighted by Crippen LogP contribution is 2.42. The van der Waals surface area contributed by atoms with Crippen molar-refractivity contribution in [2.24, 2.45) is 0 Å². The lowest BCUT2D eigenvalue weighted by Crippen LogP contribution is -2.38. The van der Waals surface area contributed by atoms with Crippen LogP contribution in [0.15, 0.2) is 40.6 Å². The predicted octanol–water partition coefficient (Wildman–Crippen LogP) is 4.50. The Hall–Kier alpha value is -0.880. The van der Waals surface area contributed by atoms with Crippen LogP contribution in [0, 0.1) is 6.92 Å². The predicted molar refractivity (Wildman–Crippen MR) is 95.8 cm³/mol. The van der Waals surface area contributed by atoms with Crippen molar-refractivity contribution in [1.82, 2.24) is 4.72 Å². The molecule has 1 aliphatic rings. The van der Waals surface area contributed by atoms with Crippen molar-refractivity contribution in [3.63, 3.8) is 0 Å². The van der Waals surface area contributed by atoms with Gasteiger partial charge in [-0.25, -0.2) is 13.1 Å². The van der Waals surface area contributed by atoms with E-state index < -0.39 is 10.0 Å². The van der Waals surface area contributed by atoms with E-state index in [0.717, 1.165) is 25.7 Å². The monoisotopic (exact) mass is 369 g/mol. The van der Waals surface area contributed by atoms with E-state index in [1.54, 1.807) is 30.4 Å². The molecule has 0 atom stereocenters. The van der Waals surface area contributed by atoms with Crippen LogP contribution in [-0.2, 0) is 15.4 Å². The highest BCUT2D eigenvalue weighted by Gasteiger charge is 2.37. The minimum absolute atomic E-state index is 0.0618. The van der Waals surface area contributed by atoms with Crippen LogP contribution in [0.2, 0.25) is 5.02 Å². The fraction of sp³-hybridized carbons (Fsp3) is 0.412. The van der Waals surface area contributed by atoms with Gasteiger partial charge in [-0.3, -0.25) is 0 Å². The smallest absolute Gasteiger partial charge is 0.210 e. The van der Waals surface area contributed by atoms with Crippen LogP contribution in [0.3, 0.4) is 0 Å². The molecule has 1 N–H and O–H groups in total. The molecule has 0 saturated heterocycles. The Morgan fingerprint density at radius 2 is 2.00 bits per heavy atom. The van der Waals surface area contributed by atoms with Gasteiger partial charge in [-0.2, -0.15) is 0 Å². The van der Waals surface area contributed by atoms with Gasteiger partial charge in [-0.15, -0.1) is 11.3 Å². The molecule has 23 heavy (non-hydrogen) atoms. The molecule has 0 amide bonds. The lowest BCUT2D eigenvalue weighted by Gasteiger charge is -2.28. The lowest BCUT2D eigenvalue weighted by molar-refractivity contribution is 0.440. The topological polar surface area (TPSA) is 46.2 Å². The van der Waals surface area contributed by atoms with Crippen molar-refractivity contribution < 1.29 is 8.42 Å². The molecule has 0 bridgehead atoms. The maximum Gasteiger partial charge on any atom is 0.240 e. The summed E-state index contributed by atoms with van der Waals surface area (Å²) < 4.78 is 28.2. The van der Waals surface area contributed by atoms with Gasteiger partial charge in [-0.1, -0.05) is 36.6 Å². The molecule has 3 nitrogen and oxygen atoms in total. The number of rotatable bonds is 5. The second-order valence-electron chi connectivity index (χ2n) is 6.20. The van der Waals surface area contributed by atoms with E-state index >= 15 is 0 Å². The zero-order valence-corrected chi connectivity index (χ0v) is 15.4. The van der Waals surface area contributed by atoms with Gasteiger partial charge in [0.1, 0.15) is 0 Å². The summed E-state index contributed by atoms with van der Waals surface area (Å²) in [5, 5.41) is 2.50. The molecule has 124 valence electrons. The molecule has 1 aromatic carbocycles. The summed E-state index contributed by atoms with van der Waals surface area (Å²) in [6.45, 7) is 2.23. The van der Waals surface area contributed by atoms with Gasteiger partial charge in [0.15, 0.2) is 0 Å². The molecular formula is C17H20ClNO2S2. The number of hydrogen-bond acceptors (Lipinski definition) is 3. The standard InChI is InChI=1S/C17H20ClNO2S2/c1-13-6-7-14(18)11-15(13)23(20,21)19-12-17(8-2-3-9-17)16-5-4-10-22-16/h4-7,10-11,19H,2-3,8-9,12H2,1H3. The minimum Gasteiger partial charge on any atom is -0.210 e.